The number of nitrogens with zero attached hydrogens (tertiary/aromatic N) is 6. The summed E-state index contributed by atoms with van der Waals surface area (Å²) in [5.41, 5.74) is 3.13. The van der Waals surface area contributed by atoms with E-state index in [1.165, 1.54) is 9.54 Å². The number of likely N-dealkylation sites (N-methyl/N-ethyl adjacent to an activating group) is 1. The Balaban J connectivity index is 1.41. The van der Waals surface area contributed by atoms with Crippen molar-refractivity contribution in [2.75, 3.05) is 27.2 Å². The first-order valence-corrected chi connectivity index (χ1v) is 14.9. The Morgan fingerprint density at radius 1 is 0.975 bits per heavy atom. The molecule has 1 saturated heterocycles. The standard InChI is InChI=1S/C30H32N6O3S/c1-33(2)28(37)19-27-32-26-20-31-30-25(15-18-35(30)40(38,39)24-11-7-4-8-12-24)29(26)36(27)23-13-16-34(17-14-23)21-22-9-5-3-6-10-22/h3-12,15,18,20,23H,13-14,16-17,19,21H2,1-2H3. The Bertz CT molecular complexity index is 1770. The summed E-state index contributed by atoms with van der Waals surface area (Å²) in [6.07, 6.45) is 5.14. The lowest BCUT2D eigenvalue weighted by Gasteiger charge is -2.33. The number of carbonyl (C=O) groups is 1. The molecule has 1 aliphatic heterocycles. The predicted octanol–water partition coefficient (Wildman–Crippen LogP) is 4.09. The fourth-order valence-electron chi connectivity index (χ4n) is 5.58. The van der Waals surface area contributed by atoms with Crippen LogP contribution in [0.15, 0.2) is 84.0 Å². The van der Waals surface area contributed by atoms with Crippen LogP contribution in [0.4, 0.5) is 0 Å². The average molecular weight is 557 g/mol. The molecule has 206 valence electrons. The van der Waals surface area contributed by atoms with Crippen molar-refractivity contribution in [3.63, 3.8) is 0 Å². The molecule has 0 radical (unpaired) electrons. The van der Waals surface area contributed by atoms with E-state index in [1.807, 2.05) is 6.07 Å². The highest BCUT2D eigenvalue weighted by Crippen LogP contribution is 2.34. The van der Waals surface area contributed by atoms with Crippen LogP contribution in [0.2, 0.25) is 0 Å². The molecule has 40 heavy (non-hydrogen) atoms. The minimum absolute atomic E-state index is 0.0356. The van der Waals surface area contributed by atoms with Gasteiger partial charge in [-0.25, -0.2) is 22.4 Å². The summed E-state index contributed by atoms with van der Waals surface area (Å²) in [6, 6.07) is 20.8. The third kappa shape index (κ3) is 4.77. The van der Waals surface area contributed by atoms with Crippen molar-refractivity contribution in [3.8, 4) is 0 Å². The molecule has 6 rings (SSSR count). The van der Waals surface area contributed by atoms with Crippen LogP contribution in [0.3, 0.4) is 0 Å². The number of fused-ring (bicyclic) bond motifs is 3. The lowest BCUT2D eigenvalue weighted by Crippen LogP contribution is -2.35. The number of benzene rings is 2. The first kappa shape index (κ1) is 26.2. The minimum Gasteiger partial charge on any atom is -0.348 e. The van der Waals surface area contributed by atoms with Gasteiger partial charge in [-0.05, 0) is 36.6 Å². The largest absolute Gasteiger partial charge is 0.348 e. The maximum absolute atomic E-state index is 13.5. The number of imidazole rings is 1. The molecule has 3 aromatic heterocycles. The van der Waals surface area contributed by atoms with E-state index in [-0.39, 0.29) is 23.3 Å². The fraction of sp³-hybridized carbons (Fsp3) is 0.300. The minimum atomic E-state index is -3.83. The quantitative estimate of drug-likeness (QED) is 0.300. The lowest BCUT2D eigenvalue weighted by molar-refractivity contribution is -0.128. The molecule has 5 aromatic rings. The molecule has 0 spiro atoms. The van der Waals surface area contributed by atoms with Crippen LogP contribution in [-0.4, -0.2) is 69.8 Å². The van der Waals surface area contributed by atoms with Gasteiger partial charge in [0.05, 0.1) is 23.0 Å². The van der Waals surface area contributed by atoms with Crippen LogP contribution in [0.1, 0.15) is 30.3 Å². The van der Waals surface area contributed by atoms with Crippen LogP contribution in [0.25, 0.3) is 22.1 Å². The van der Waals surface area contributed by atoms with Crippen LogP contribution >= 0.6 is 0 Å². The second kappa shape index (κ2) is 10.5. The molecule has 0 N–H and O–H groups in total. The van der Waals surface area contributed by atoms with E-state index in [2.05, 4.69) is 38.7 Å². The summed E-state index contributed by atoms with van der Waals surface area (Å²) in [6.45, 7) is 2.73. The van der Waals surface area contributed by atoms with Gasteiger partial charge in [0.25, 0.3) is 10.0 Å². The lowest BCUT2D eigenvalue weighted by atomic mass is 10.0. The molecule has 10 heteroatoms. The van der Waals surface area contributed by atoms with E-state index in [0.29, 0.717) is 22.4 Å². The zero-order valence-electron chi connectivity index (χ0n) is 22.6. The zero-order valence-corrected chi connectivity index (χ0v) is 23.5. The number of hydrogen-bond donors (Lipinski definition) is 0. The third-order valence-electron chi connectivity index (χ3n) is 7.68. The van der Waals surface area contributed by atoms with Gasteiger partial charge in [-0.2, -0.15) is 0 Å². The Morgan fingerprint density at radius 2 is 1.65 bits per heavy atom. The normalized spacial score (nSPS) is 15.2. The summed E-state index contributed by atoms with van der Waals surface area (Å²) >= 11 is 0. The number of likely N-dealkylation sites (tertiary alicyclic amines) is 1. The van der Waals surface area contributed by atoms with Crippen molar-refractivity contribution < 1.29 is 13.2 Å². The van der Waals surface area contributed by atoms with E-state index in [9.17, 15) is 13.2 Å². The topological polar surface area (TPSA) is 93.3 Å². The van der Waals surface area contributed by atoms with E-state index in [4.69, 9.17) is 4.98 Å². The molecule has 9 nitrogen and oxygen atoms in total. The number of piperidine rings is 1. The molecule has 0 bridgehead atoms. The monoisotopic (exact) mass is 556 g/mol. The highest BCUT2D eigenvalue weighted by Gasteiger charge is 2.28. The molecule has 0 saturated carbocycles. The maximum Gasteiger partial charge on any atom is 0.269 e. The molecule has 1 amide bonds. The van der Waals surface area contributed by atoms with Crippen LogP contribution in [0, 0.1) is 0 Å². The maximum atomic E-state index is 13.5. The molecule has 1 fully saturated rings. The van der Waals surface area contributed by atoms with Crippen molar-refractivity contribution in [1.29, 1.82) is 0 Å². The van der Waals surface area contributed by atoms with Gasteiger partial charge in [0, 0.05) is 51.4 Å². The third-order valence-corrected chi connectivity index (χ3v) is 9.36. The molecule has 0 atom stereocenters. The summed E-state index contributed by atoms with van der Waals surface area (Å²) in [5.74, 6) is 0.648. The van der Waals surface area contributed by atoms with Crippen molar-refractivity contribution in [2.45, 2.75) is 36.7 Å². The van der Waals surface area contributed by atoms with Crippen LogP contribution < -0.4 is 0 Å². The van der Waals surface area contributed by atoms with E-state index < -0.39 is 10.0 Å². The number of hydrogen-bond acceptors (Lipinski definition) is 6. The van der Waals surface area contributed by atoms with E-state index >= 15 is 0 Å². The van der Waals surface area contributed by atoms with Gasteiger partial charge in [-0.1, -0.05) is 48.5 Å². The number of rotatable bonds is 7. The fourth-order valence-corrected chi connectivity index (χ4v) is 6.91. The van der Waals surface area contributed by atoms with Gasteiger partial charge < -0.3 is 9.47 Å². The number of amides is 1. The molecular formula is C30H32N6O3S. The van der Waals surface area contributed by atoms with Gasteiger partial charge in [0.2, 0.25) is 5.91 Å². The Kier molecular flexibility index (Phi) is 6.89. The van der Waals surface area contributed by atoms with Crippen molar-refractivity contribution in [1.82, 2.24) is 28.3 Å². The molecule has 0 unspecified atom stereocenters. The SMILES string of the molecule is CN(C)C(=O)Cc1nc2cnc3c(ccn3S(=O)(=O)c3ccccc3)c2n1C1CCN(Cc2ccccc2)CC1. The smallest absolute Gasteiger partial charge is 0.269 e. The number of aromatic nitrogens is 4. The molecule has 2 aromatic carbocycles. The first-order chi connectivity index (χ1) is 19.3. The van der Waals surface area contributed by atoms with Crippen molar-refractivity contribution in [3.05, 3.63) is 90.5 Å². The van der Waals surface area contributed by atoms with Gasteiger partial charge in [-0.15, -0.1) is 0 Å². The van der Waals surface area contributed by atoms with E-state index in [1.54, 1.807) is 67.8 Å². The van der Waals surface area contributed by atoms with Crippen LogP contribution in [-0.2, 0) is 27.8 Å². The Labute approximate surface area is 233 Å². The van der Waals surface area contributed by atoms with Gasteiger partial charge in [0.1, 0.15) is 11.3 Å². The summed E-state index contributed by atoms with van der Waals surface area (Å²) in [7, 11) is -0.348. The Morgan fingerprint density at radius 3 is 2.33 bits per heavy atom. The van der Waals surface area contributed by atoms with E-state index in [0.717, 1.165) is 38.0 Å². The molecule has 4 heterocycles. The number of carbonyl (C=O) groups excluding carboxylic acids is 1. The second-order valence-electron chi connectivity index (χ2n) is 10.5. The first-order valence-electron chi connectivity index (χ1n) is 13.5. The highest BCUT2D eigenvalue weighted by molar-refractivity contribution is 7.90. The highest BCUT2D eigenvalue weighted by atomic mass is 32.2. The summed E-state index contributed by atoms with van der Waals surface area (Å²) < 4.78 is 30.4. The molecule has 0 aliphatic carbocycles. The molecule has 1 aliphatic rings. The van der Waals surface area contributed by atoms with Gasteiger partial charge in [0.15, 0.2) is 5.65 Å². The van der Waals surface area contributed by atoms with Crippen LogP contribution in [0.5, 0.6) is 0 Å². The van der Waals surface area contributed by atoms with Gasteiger partial charge >= 0.3 is 0 Å². The number of pyridine rings is 1. The summed E-state index contributed by atoms with van der Waals surface area (Å²) in [4.78, 5) is 26.4. The zero-order chi connectivity index (χ0) is 27.9. The van der Waals surface area contributed by atoms with Crippen molar-refractivity contribution in [2.24, 2.45) is 0 Å². The second-order valence-corrected chi connectivity index (χ2v) is 12.3. The average Bonchev–Trinajstić information content (AvgIpc) is 3.56. The molecular weight excluding hydrogens is 524 g/mol. The summed E-state index contributed by atoms with van der Waals surface area (Å²) in [5, 5.41) is 0.708. The Hall–Kier alpha value is -4.02. The predicted molar refractivity (Wildman–Crippen MR) is 154 cm³/mol. The van der Waals surface area contributed by atoms with Crippen molar-refractivity contribution >= 4 is 38.0 Å². The van der Waals surface area contributed by atoms with Gasteiger partial charge in [-0.3, -0.25) is 9.69 Å².